The molecule has 0 aliphatic carbocycles. The standard InChI is InChI=1S/C17H21N3O/c21-17(13-4-3-12-5-7-18-16(12)10-13)19-14-6-9-20-8-1-2-15(20)11-14/h3-5,7,10,14-15,18H,1-2,6,8-9,11H2,(H,19,21). The summed E-state index contributed by atoms with van der Waals surface area (Å²) in [6.45, 7) is 2.38. The van der Waals surface area contributed by atoms with Gasteiger partial charge in [-0.05, 0) is 55.8 Å². The second-order valence-corrected chi connectivity index (χ2v) is 6.31. The van der Waals surface area contributed by atoms with E-state index in [0.717, 1.165) is 35.9 Å². The lowest BCUT2D eigenvalue weighted by atomic mass is 9.97. The first kappa shape index (κ1) is 12.9. The smallest absolute Gasteiger partial charge is 0.251 e. The maximum atomic E-state index is 12.4. The van der Waals surface area contributed by atoms with Crippen LogP contribution < -0.4 is 5.32 Å². The topological polar surface area (TPSA) is 48.1 Å². The minimum Gasteiger partial charge on any atom is -0.361 e. The molecule has 2 unspecified atom stereocenters. The monoisotopic (exact) mass is 283 g/mol. The Morgan fingerprint density at radius 2 is 2.19 bits per heavy atom. The van der Waals surface area contributed by atoms with E-state index in [1.165, 1.54) is 19.4 Å². The van der Waals surface area contributed by atoms with Gasteiger partial charge in [-0.2, -0.15) is 0 Å². The molecule has 2 aliphatic rings. The molecule has 21 heavy (non-hydrogen) atoms. The molecule has 2 aliphatic heterocycles. The van der Waals surface area contributed by atoms with Crippen molar-refractivity contribution in [2.45, 2.75) is 37.8 Å². The van der Waals surface area contributed by atoms with Crippen LogP contribution >= 0.6 is 0 Å². The second kappa shape index (κ2) is 5.19. The molecule has 110 valence electrons. The number of hydrogen-bond donors (Lipinski definition) is 2. The van der Waals surface area contributed by atoms with Gasteiger partial charge < -0.3 is 15.2 Å². The molecule has 2 aromatic rings. The van der Waals surface area contributed by atoms with Gasteiger partial charge in [0.15, 0.2) is 0 Å². The molecule has 2 saturated heterocycles. The van der Waals surface area contributed by atoms with E-state index in [9.17, 15) is 4.79 Å². The van der Waals surface area contributed by atoms with Gasteiger partial charge in [0, 0.05) is 35.9 Å². The molecule has 4 heteroatoms. The van der Waals surface area contributed by atoms with Crippen molar-refractivity contribution in [3.05, 3.63) is 36.0 Å². The number of fused-ring (bicyclic) bond motifs is 2. The number of aromatic nitrogens is 1. The molecule has 2 N–H and O–H groups in total. The van der Waals surface area contributed by atoms with E-state index < -0.39 is 0 Å². The number of amides is 1. The molecular formula is C17H21N3O. The van der Waals surface area contributed by atoms with Crippen LogP contribution in [0.25, 0.3) is 10.9 Å². The zero-order valence-electron chi connectivity index (χ0n) is 12.1. The van der Waals surface area contributed by atoms with Gasteiger partial charge in [-0.25, -0.2) is 0 Å². The molecule has 2 atom stereocenters. The third kappa shape index (κ3) is 2.44. The average molecular weight is 283 g/mol. The van der Waals surface area contributed by atoms with Crippen LogP contribution in [0.1, 0.15) is 36.0 Å². The Hall–Kier alpha value is -1.81. The third-order valence-corrected chi connectivity index (χ3v) is 4.97. The number of piperidine rings is 1. The number of nitrogens with zero attached hydrogens (tertiary/aromatic N) is 1. The summed E-state index contributed by atoms with van der Waals surface area (Å²) in [4.78, 5) is 18.2. The fraction of sp³-hybridized carbons (Fsp3) is 0.471. The number of aromatic amines is 1. The highest BCUT2D eigenvalue weighted by Crippen LogP contribution is 2.27. The van der Waals surface area contributed by atoms with Crippen LogP contribution in [0.15, 0.2) is 30.5 Å². The molecule has 1 amide bonds. The predicted octanol–water partition coefficient (Wildman–Crippen LogP) is 2.52. The largest absolute Gasteiger partial charge is 0.361 e. The Bertz CT molecular complexity index is 663. The minimum atomic E-state index is 0.0583. The van der Waals surface area contributed by atoms with Gasteiger partial charge in [-0.15, -0.1) is 0 Å². The molecule has 0 bridgehead atoms. The summed E-state index contributed by atoms with van der Waals surface area (Å²) in [5.74, 6) is 0.0583. The van der Waals surface area contributed by atoms with Gasteiger partial charge in [0.2, 0.25) is 0 Å². The van der Waals surface area contributed by atoms with Gasteiger partial charge in [-0.1, -0.05) is 6.07 Å². The van der Waals surface area contributed by atoms with Crippen molar-refractivity contribution >= 4 is 16.8 Å². The lowest BCUT2D eigenvalue weighted by molar-refractivity contribution is 0.0896. The van der Waals surface area contributed by atoms with Gasteiger partial charge in [0.25, 0.3) is 5.91 Å². The first-order valence-electron chi connectivity index (χ1n) is 7.92. The number of carbonyl (C=O) groups excluding carboxylic acids is 1. The molecule has 1 aromatic heterocycles. The molecule has 3 heterocycles. The van der Waals surface area contributed by atoms with Crippen LogP contribution in [-0.4, -0.2) is 41.0 Å². The minimum absolute atomic E-state index is 0.0583. The van der Waals surface area contributed by atoms with E-state index in [-0.39, 0.29) is 5.91 Å². The zero-order chi connectivity index (χ0) is 14.2. The first-order chi connectivity index (χ1) is 10.3. The first-order valence-corrected chi connectivity index (χ1v) is 7.92. The van der Waals surface area contributed by atoms with Crippen LogP contribution in [0.4, 0.5) is 0 Å². The Balaban J connectivity index is 1.45. The van der Waals surface area contributed by atoms with E-state index in [0.29, 0.717) is 12.1 Å². The van der Waals surface area contributed by atoms with Crippen molar-refractivity contribution < 1.29 is 4.79 Å². The lowest BCUT2D eigenvalue weighted by Gasteiger charge is -2.35. The normalized spacial score (nSPS) is 25.9. The molecule has 1 aromatic carbocycles. The fourth-order valence-electron chi connectivity index (χ4n) is 3.81. The van der Waals surface area contributed by atoms with Crippen LogP contribution in [0.3, 0.4) is 0 Å². The van der Waals surface area contributed by atoms with E-state index >= 15 is 0 Å². The van der Waals surface area contributed by atoms with Crippen LogP contribution in [0.2, 0.25) is 0 Å². The van der Waals surface area contributed by atoms with Gasteiger partial charge in [0.05, 0.1) is 0 Å². The van der Waals surface area contributed by atoms with Crippen LogP contribution in [-0.2, 0) is 0 Å². The van der Waals surface area contributed by atoms with Crippen molar-refractivity contribution in [3.63, 3.8) is 0 Å². The van der Waals surface area contributed by atoms with Crippen molar-refractivity contribution in [1.29, 1.82) is 0 Å². The van der Waals surface area contributed by atoms with Crippen molar-refractivity contribution in [2.24, 2.45) is 0 Å². The summed E-state index contributed by atoms with van der Waals surface area (Å²) >= 11 is 0. The molecule has 0 spiro atoms. The number of hydrogen-bond acceptors (Lipinski definition) is 2. The number of H-pyrrole nitrogens is 1. The SMILES string of the molecule is O=C(NC1CCN2CCCC2C1)c1ccc2cc[nH]c2c1. The number of nitrogens with one attached hydrogen (secondary N) is 2. The number of benzene rings is 1. The second-order valence-electron chi connectivity index (χ2n) is 6.31. The van der Waals surface area contributed by atoms with E-state index in [4.69, 9.17) is 0 Å². The highest BCUT2D eigenvalue weighted by atomic mass is 16.1. The number of carbonyl (C=O) groups is 1. The maximum absolute atomic E-state index is 12.4. The van der Waals surface area contributed by atoms with Crippen molar-refractivity contribution in [1.82, 2.24) is 15.2 Å². The fourth-order valence-corrected chi connectivity index (χ4v) is 3.81. The zero-order valence-corrected chi connectivity index (χ0v) is 12.1. The molecule has 0 saturated carbocycles. The number of rotatable bonds is 2. The summed E-state index contributed by atoms with van der Waals surface area (Å²) < 4.78 is 0. The molecule has 0 radical (unpaired) electrons. The quantitative estimate of drug-likeness (QED) is 0.889. The highest BCUT2D eigenvalue weighted by molar-refractivity contribution is 5.98. The average Bonchev–Trinajstić information content (AvgIpc) is 3.14. The van der Waals surface area contributed by atoms with Crippen LogP contribution in [0.5, 0.6) is 0 Å². The molecular weight excluding hydrogens is 262 g/mol. The Morgan fingerprint density at radius 1 is 1.24 bits per heavy atom. The third-order valence-electron chi connectivity index (χ3n) is 4.97. The Kier molecular flexibility index (Phi) is 3.19. The van der Waals surface area contributed by atoms with Gasteiger partial charge in [0.1, 0.15) is 0 Å². The van der Waals surface area contributed by atoms with E-state index in [1.807, 2.05) is 30.5 Å². The maximum Gasteiger partial charge on any atom is 0.251 e. The van der Waals surface area contributed by atoms with E-state index in [1.54, 1.807) is 0 Å². The van der Waals surface area contributed by atoms with Gasteiger partial charge in [-0.3, -0.25) is 4.79 Å². The summed E-state index contributed by atoms with van der Waals surface area (Å²) in [6, 6.07) is 8.89. The van der Waals surface area contributed by atoms with E-state index in [2.05, 4.69) is 15.2 Å². The van der Waals surface area contributed by atoms with Crippen molar-refractivity contribution in [3.8, 4) is 0 Å². The summed E-state index contributed by atoms with van der Waals surface area (Å²) in [5, 5.41) is 4.37. The summed E-state index contributed by atoms with van der Waals surface area (Å²) in [5.41, 5.74) is 1.77. The summed E-state index contributed by atoms with van der Waals surface area (Å²) in [7, 11) is 0. The molecule has 4 nitrogen and oxygen atoms in total. The van der Waals surface area contributed by atoms with Crippen molar-refractivity contribution in [2.75, 3.05) is 13.1 Å². The Labute approximate surface area is 124 Å². The summed E-state index contributed by atoms with van der Waals surface area (Å²) in [6.07, 6.45) is 6.70. The van der Waals surface area contributed by atoms with Gasteiger partial charge >= 0.3 is 0 Å². The molecule has 2 fully saturated rings. The highest BCUT2D eigenvalue weighted by Gasteiger charge is 2.32. The Morgan fingerprint density at radius 3 is 3.14 bits per heavy atom. The van der Waals surface area contributed by atoms with Crippen LogP contribution in [0, 0.1) is 0 Å². The molecule has 4 rings (SSSR count). The predicted molar refractivity (Wildman–Crippen MR) is 83.4 cm³/mol. The lowest BCUT2D eigenvalue weighted by Crippen LogP contribution is -2.47.